The van der Waals surface area contributed by atoms with Crippen LogP contribution in [0.4, 0.5) is 0 Å². The van der Waals surface area contributed by atoms with Gasteiger partial charge in [-0.05, 0) is 50.3 Å². The zero-order valence-corrected chi connectivity index (χ0v) is 12.4. The lowest BCUT2D eigenvalue weighted by Gasteiger charge is -2.12. The first-order chi connectivity index (χ1) is 8.08. The number of thioether (sulfide) groups is 1. The van der Waals surface area contributed by atoms with Gasteiger partial charge in [0.25, 0.3) is 0 Å². The van der Waals surface area contributed by atoms with Crippen LogP contribution in [-0.4, -0.2) is 23.5 Å². The molecule has 0 unspecified atom stereocenters. The summed E-state index contributed by atoms with van der Waals surface area (Å²) in [6.45, 7) is 4.98. The highest BCUT2D eigenvalue weighted by Crippen LogP contribution is 2.19. The number of rotatable bonds is 5. The summed E-state index contributed by atoms with van der Waals surface area (Å²) < 4.78 is 0. The molecule has 0 aromatic heterocycles. The van der Waals surface area contributed by atoms with Gasteiger partial charge in [0.05, 0.1) is 0 Å². The summed E-state index contributed by atoms with van der Waals surface area (Å²) in [7, 11) is 0. The fourth-order valence-electron chi connectivity index (χ4n) is 1.18. The molecular weight excluding hydrogens is 272 g/mol. The summed E-state index contributed by atoms with van der Waals surface area (Å²) in [5, 5.41) is 7.80. The molecule has 1 aromatic carbocycles. The van der Waals surface area contributed by atoms with Gasteiger partial charge >= 0.3 is 0 Å². The average molecular weight is 289 g/mol. The first-order valence-corrected chi connectivity index (χ1v) is 7.28. The maximum Gasteiger partial charge on any atom is 0.166 e. The number of benzene rings is 1. The minimum Gasteiger partial charge on any atom is -0.362 e. The van der Waals surface area contributed by atoms with Crippen molar-refractivity contribution in [1.29, 1.82) is 0 Å². The highest BCUT2D eigenvalue weighted by Gasteiger charge is 1.98. The van der Waals surface area contributed by atoms with E-state index in [1.807, 2.05) is 24.3 Å². The summed E-state index contributed by atoms with van der Waals surface area (Å²) in [5.41, 5.74) is 0. The van der Waals surface area contributed by atoms with Crippen molar-refractivity contribution in [3.63, 3.8) is 0 Å². The van der Waals surface area contributed by atoms with Crippen molar-refractivity contribution in [1.82, 2.24) is 10.6 Å². The van der Waals surface area contributed by atoms with E-state index in [0.29, 0.717) is 6.04 Å². The van der Waals surface area contributed by atoms with E-state index in [1.54, 1.807) is 11.8 Å². The smallest absolute Gasteiger partial charge is 0.166 e. The third-order valence-corrected chi connectivity index (χ3v) is 3.42. The third kappa shape index (κ3) is 6.76. The lowest BCUT2D eigenvalue weighted by molar-refractivity contribution is 0.718. The number of thiocarbonyl (C=S) groups is 1. The minimum absolute atomic E-state index is 0.374. The van der Waals surface area contributed by atoms with E-state index in [4.69, 9.17) is 23.8 Å². The molecule has 0 aliphatic carbocycles. The van der Waals surface area contributed by atoms with Crippen LogP contribution in [0, 0.1) is 0 Å². The Kier molecular flexibility index (Phi) is 6.70. The molecule has 0 amide bonds. The molecule has 94 valence electrons. The largest absolute Gasteiger partial charge is 0.362 e. The molecule has 2 N–H and O–H groups in total. The highest BCUT2D eigenvalue weighted by molar-refractivity contribution is 7.99. The average Bonchev–Trinajstić information content (AvgIpc) is 2.26. The number of nitrogens with one attached hydrogen (secondary N) is 2. The van der Waals surface area contributed by atoms with Crippen LogP contribution in [0.3, 0.4) is 0 Å². The molecule has 0 spiro atoms. The predicted octanol–water partition coefficient (Wildman–Crippen LogP) is 3.30. The maximum absolute atomic E-state index is 5.82. The fraction of sp³-hybridized carbons (Fsp3) is 0.417. The van der Waals surface area contributed by atoms with Gasteiger partial charge in [0, 0.05) is 28.3 Å². The molecular formula is C12H17ClN2S2. The Morgan fingerprint density at radius 3 is 2.59 bits per heavy atom. The molecule has 5 heteroatoms. The van der Waals surface area contributed by atoms with Crippen LogP contribution in [0.1, 0.15) is 13.8 Å². The van der Waals surface area contributed by atoms with Gasteiger partial charge in [-0.15, -0.1) is 11.8 Å². The van der Waals surface area contributed by atoms with Gasteiger partial charge < -0.3 is 10.6 Å². The second kappa shape index (κ2) is 7.80. The Morgan fingerprint density at radius 2 is 2.00 bits per heavy atom. The quantitative estimate of drug-likeness (QED) is 0.493. The van der Waals surface area contributed by atoms with Crippen molar-refractivity contribution < 1.29 is 0 Å². The molecule has 1 aromatic rings. The van der Waals surface area contributed by atoms with Crippen molar-refractivity contribution in [2.24, 2.45) is 0 Å². The molecule has 0 heterocycles. The number of halogens is 1. The van der Waals surface area contributed by atoms with Crippen LogP contribution in [0.2, 0.25) is 5.02 Å². The summed E-state index contributed by atoms with van der Waals surface area (Å²) in [5.74, 6) is 0.974. The summed E-state index contributed by atoms with van der Waals surface area (Å²) in [4.78, 5) is 1.22. The summed E-state index contributed by atoms with van der Waals surface area (Å²) >= 11 is 12.7. The van der Waals surface area contributed by atoms with Gasteiger partial charge in [-0.3, -0.25) is 0 Å². The van der Waals surface area contributed by atoms with Crippen LogP contribution in [0.5, 0.6) is 0 Å². The zero-order valence-electron chi connectivity index (χ0n) is 10.00. The van der Waals surface area contributed by atoms with Gasteiger partial charge in [-0.25, -0.2) is 0 Å². The molecule has 0 saturated heterocycles. The lowest BCUT2D eigenvalue weighted by atomic mass is 10.4. The van der Waals surface area contributed by atoms with Crippen molar-refractivity contribution >= 4 is 40.7 Å². The Labute approximate surface area is 118 Å². The molecule has 0 atom stereocenters. The predicted molar refractivity (Wildman–Crippen MR) is 81.0 cm³/mol. The second-order valence-corrected chi connectivity index (χ2v) is 5.87. The first-order valence-electron chi connectivity index (χ1n) is 5.50. The fourth-order valence-corrected chi connectivity index (χ4v) is 2.41. The number of hydrogen-bond acceptors (Lipinski definition) is 2. The molecule has 0 bridgehead atoms. The van der Waals surface area contributed by atoms with E-state index in [2.05, 4.69) is 24.5 Å². The molecule has 0 aliphatic heterocycles. The van der Waals surface area contributed by atoms with Crippen LogP contribution in [0.25, 0.3) is 0 Å². The first kappa shape index (κ1) is 14.6. The standard InChI is InChI=1S/C12H17ClN2S2/c1-9(2)15-12(16)14-7-8-17-11-5-3-10(13)4-6-11/h3-6,9H,7-8H2,1-2H3,(H2,14,15,16). The number of hydrogen-bond donors (Lipinski definition) is 2. The Morgan fingerprint density at radius 1 is 1.35 bits per heavy atom. The molecule has 17 heavy (non-hydrogen) atoms. The Bertz CT molecular complexity index is 352. The van der Waals surface area contributed by atoms with Crippen molar-refractivity contribution in [3.8, 4) is 0 Å². The van der Waals surface area contributed by atoms with E-state index in [9.17, 15) is 0 Å². The van der Waals surface area contributed by atoms with Gasteiger partial charge in [-0.1, -0.05) is 11.6 Å². The molecule has 0 fully saturated rings. The molecule has 0 radical (unpaired) electrons. The van der Waals surface area contributed by atoms with Crippen LogP contribution >= 0.6 is 35.6 Å². The summed E-state index contributed by atoms with van der Waals surface area (Å²) in [6.07, 6.45) is 0. The Hall–Kier alpha value is -0.450. The molecule has 0 saturated carbocycles. The molecule has 2 nitrogen and oxygen atoms in total. The van der Waals surface area contributed by atoms with Crippen molar-refractivity contribution in [3.05, 3.63) is 29.3 Å². The molecule has 0 aliphatic rings. The van der Waals surface area contributed by atoms with Gasteiger partial charge in [0.1, 0.15) is 0 Å². The zero-order chi connectivity index (χ0) is 12.7. The topological polar surface area (TPSA) is 24.1 Å². The molecule has 1 rings (SSSR count). The van der Waals surface area contributed by atoms with Crippen LogP contribution in [-0.2, 0) is 0 Å². The monoisotopic (exact) mass is 288 g/mol. The van der Waals surface area contributed by atoms with E-state index >= 15 is 0 Å². The van der Waals surface area contributed by atoms with E-state index in [1.165, 1.54) is 4.90 Å². The highest BCUT2D eigenvalue weighted by atomic mass is 35.5. The van der Waals surface area contributed by atoms with Crippen molar-refractivity contribution in [2.45, 2.75) is 24.8 Å². The van der Waals surface area contributed by atoms with Crippen molar-refractivity contribution in [2.75, 3.05) is 12.3 Å². The maximum atomic E-state index is 5.82. The van der Waals surface area contributed by atoms with Gasteiger partial charge in [0.2, 0.25) is 0 Å². The van der Waals surface area contributed by atoms with Gasteiger partial charge in [-0.2, -0.15) is 0 Å². The van der Waals surface area contributed by atoms with E-state index in [0.717, 1.165) is 22.4 Å². The van der Waals surface area contributed by atoms with E-state index in [-0.39, 0.29) is 0 Å². The second-order valence-electron chi connectivity index (χ2n) is 3.86. The van der Waals surface area contributed by atoms with Crippen LogP contribution < -0.4 is 10.6 Å². The Balaban J connectivity index is 2.16. The normalized spacial score (nSPS) is 10.4. The van der Waals surface area contributed by atoms with E-state index < -0.39 is 0 Å². The van der Waals surface area contributed by atoms with Gasteiger partial charge in [0.15, 0.2) is 5.11 Å². The minimum atomic E-state index is 0.374. The SMILES string of the molecule is CC(C)NC(=S)NCCSc1ccc(Cl)cc1. The lowest BCUT2D eigenvalue weighted by Crippen LogP contribution is -2.40. The van der Waals surface area contributed by atoms with Crippen LogP contribution in [0.15, 0.2) is 29.2 Å². The summed E-state index contributed by atoms with van der Waals surface area (Å²) in [6, 6.07) is 8.24. The third-order valence-electron chi connectivity index (χ3n) is 1.89.